The average molecular weight is 186 g/mol. The van der Waals surface area contributed by atoms with E-state index in [-0.39, 0.29) is 12.4 Å². The Labute approximate surface area is 80.8 Å². The summed E-state index contributed by atoms with van der Waals surface area (Å²) in [5, 5.41) is 0. The third-order valence-electron chi connectivity index (χ3n) is 1.83. The molecule has 1 nitrogen and oxygen atoms in total. The topological polar surface area (TPSA) is 3.88 Å². The van der Waals surface area contributed by atoms with Gasteiger partial charge in [0.15, 0.2) is 12.4 Å². The van der Waals surface area contributed by atoms with Crippen molar-refractivity contribution in [2.75, 3.05) is 0 Å². The molecule has 0 bridgehead atoms. The van der Waals surface area contributed by atoms with Gasteiger partial charge in [0, 0.05) is 18.6 Å². The van der Waals surface area contributed by atoms with Crippen molar-refractivity contribution < 1.29 is 17.0 Å². The first kappa shape index (κ1) is 11.4. The first-order chi connectivity index (χ1) is 5.33. The van der Waals surface area contributed by atoms with Gasteiger partial charge in [-0.15, -0.1) is 0 Å². The van der Waals surface area contributed by atoms with E-state index in [1.54, 1.807) is 0 Å². The van der Waals surface area contributed by atoms with Gasteiger partial charge in [-0.1, -0.05) is 13.3 Å². The summed E-state index contributed by atoms with van der Waals surface area (Å²) in [6, 6.07) is 4.30. The fraction of sp³-hybridized carbons (Fsp3) is 0.500. The largest absolute Gasteiger partial charge is 1.00 e. The maximum absolute atomic E-state index is 2.23. The van der Waals surface area contributed by atoms with Crippen LogP contribution in [0.5, 0.6) is 0 Å². The summed E-state index contributed by atoms with van der Waals surface area (Å²) in [6.45, 7) is 5.48. The number of hydrogen-bond acceptors (Lipinski definition) is 0. The lowest BCUT2D eigenvalue weighted by Crippen LogP contribution is -3.00. The van der Waals surface area contributed by atoms with E-state index < -0.39 is 0 Å². The summed E-state index contributed by atoms with van der Waals surface area (Å²) in [4.78, 5) is 0. The SMILES string of the molecule is CCCC[n+]1ccc(C)cc1.[Cl-]. The maximum atomic E-state index is 2.23. The monoisotopic (exact) mass is 185 g/mol. The number of aryl methyl sites for hydroxylation is 2. The molecule has 0 N–H and O–H groups in total. The van der Waals surface area contributed by atoms with Crippen LogP contribution in [0.4, 0.5) is 0 Å². The van der Waals surface area contributed by atoms with Crippen LogP contribution in [0, 0.1) is 6.92 Å². The Kier molecular flexibility index (Phi) is 5.73. The van der Waals surface area contributed by atoms with Gasteiger partial charge >= 0.3 is 0 Å². The number of hydrogen-bond donors (Lipinski definition) is 0. The van der Waals surface area contributed by atoms with Gasteiger partial charge in [0.1, 0.15) is 6.54 Å². The Morgan fingerprint density at radius 3 is 2.33 bits per heavy atom. The van der Waals surface area contributed by atoms with Crippen LogP contribution in [-0.2, 0) is 6.54 Å². The van der Waals surface area contributed by atoms with Gasteiger partial charge < -0.3 is 12.4 Å². The summed E-state index contributed by atoms with van der Waals surface area (Å²) in [6.07, 6.45) is 6.82. The number of unbranched alkanes of at least 4 members (excludes halogenated alkanes) is 1. The molecule has 1 aromatic heterocycles. The van der Waals surface area contributed by atoms with Gasteiger partial charge in [0.25, 0.3) is 0 Å². The fourth-order valence-corrected chi connectivity index (χ4v) is 1.02. The first-order valence-corrected chi connectivity index (χ1v) is 4.28. The van der Waals surface area contributed by atoms with Crippen LogP contribution in [0.1, 0.15) is 25.3 Å². The van der Waals surface area contributed by atoms with E-state index in [0.29, 0.717) is 0 Å². The molecule has 0 radical (unpaired) electrons. The molecule has 1 rings (SSSR count). The highest BCUT2D eigenvalue weighted by atomic mass is 35.5. The lowest BCUT2D eigenvalue weighted by molar-refractivity contribution is -0.697. The van der Waals surface area contributed by atoms with Crippen molar-refractivity contribution in [3.8, 4) is 0 Å². The van der Waals surface area contributed by atoms with Crippen LogP contribution < -0.4 is 17.0 Å². The van der Waals surface area contributed by atoms with E-state index in [1.807, 2.05) is 0 Å². The zero-order valence-corrected chi connectivity index (χ0v) is 8.51. The Morgan fingerprint density at radius 1 is 1.25 bits per heavy atom. The average Bonchev–Trinajstić information content (AvgIpc) is 2.04. The van der Waals surface area contributed by atoms with Gasteiger partial charge in [-0.3, -0.25) is 0 Å². The molecule has 68 valence electrons. The molecule has 0 aliphatic rings. The molecule has 0 aliphatic heterocycles. The molecule has 0 saturated carbocycles. The van der Waals surface area contributed by atoms with E-state index in [2.05, 4.69) is 42.9 Å². The maximum Gasteiger partial charge on any atom is 0.169 e. The quantitative estimate of drug-likeness (QED) is 0.537. The fourth-order valence-electron chi connectivity index (χ4n) is 1.02. The third kappa shape index (κ3) is 3.72. The minimum absolute atomic E-state index is 0. The number of halogens is 1. The highest BCUT2D eigenvalue weighted by Crippen LogP contribution is 1.91. The highest BCUT2D eigenvalue weighted by Gasteiger charge is 1.95. The second kappa shape index (κ2) is 6.01. The van der Waals surface area contributed by atoms with Crippen molar-refractivity contribution >= 4 is 0 Å². The van der Waals surface area contributed by atoms with Crippen LogP contribution in [0.2, 0.25) is 0 Å². The minimum atomic E-state index is 0. The Bertz CT molecular complexity index is 206. The molecule has 1 aromatic rings. The van der Waals surface area contributed by atoms with Gasteiger partial charge in [0.2, 0.25) is 0 Å². The predicted octanol–water partition coefficient (Wildman–Crippen LogP) is -0.913. The van der Waals surface area contributed by atoms with Gasteiger partial charge in [-0.2, -0.15) is 0 Å². The summed E-state index contributed by atoms with van der Waals surface area (Å²) < 4.78 is 2.23. The van der Waals surface area contributed by atoms with Crippen LogP contribution in [0.15, 0.2) is 24.5 Å². The Balaban J connectivity index is 0.00000121. The molecule has 2 heteroatoms. The summed E-state index contributed by atoms with van der Waals surface area (Å²) >= 11 is 0. The summed E-state index contributed by atoms with van der Waals surface area (Å²) in [5.41, 5.74) is 1.33. The Hall–Kier alpha value is -0.560. The molecule has 0 fully saturated rings. The molecule has 0 saturated heterocycles. The number of nitrogens with zero attached hydrogens (tertiary/aromatic N) is 1. The standard InChI is InChI=1S/C10H16N.ClH/c1-3-4-7-11-8-5-10(2)6-9-11;/h5-6,8-9H,3-4,7H2,1-2H3;1H/q+1;/p-1. The van der Waals surface area contributed by atoms with Crippen LogP contribution in [-0.4, -0.2) is 0 Å². The van der Waals surface area contributed by atoms with E-state index in [4.69, 9.17) is 0 Å². The molecule has 0 aliphatic carbocycles. The second-order valence-corrected chi connectivity index (χ2v) is 2.97. The zero-order chi connectivity index (χ0) is 8.10. The molecule has 0 amide bonds. The van der Waals surface area contributed by atoms with Crippen molar-refractivity contribution in [3.05, 3.63) is 30.1 Å². The van der Waals surface area contributed by atoms with Gasteiger partial charge in [-0.05, 0) is 12.5 Å². The first-order valence-electron chi connectivity index (χ1n) is 4.28. The van der Waals surface area contributed by atoms with Crippen molar-refractivity contribution in [1.82, 2.24) is 0 Å². The lowest BCUT2D eigenvalue weighted by atomic mass is 10.3. The molecular weight excluding hydrogens is 170 g/mol. The van der Waals surface area contributed by atoms with Crippen molar-refractivity contribution in [3.63, 3.8) is 0 Å². The molecular formula is C10H16ClN. The van der Waals surface area contributed by atoms with Crippen LogP contribution in [0.3, 0.4) is 0 Å². The van der Waals surface area contributed by atoms with Crippen LogP contribution in [0.25, 0.3) is 0 Å². The summed E-state index contributed by atoms with van der Waals surface area (Å²) in [7, 11) is 0. The van der Waals surface area contributed by atoms with Crippen LogP contribution >= 0.6 is 0 Å². The van der Waals surface area contributed by atoms with E-state index in [0.717, 1.165) is 6.54 Å². The molecule has 0 atom stereocenters. The molecule has 12 heavy (non-hydrogen) atoms. The third-order valence-corrected chi connectivity index (χ3v) is 1.83. The highest BCUT2D eigenvalue weighted by molar-refractivity contribution is 5.03. The van der Waals surface area contributed by atoms with Crippen molar-refractivity contribution in [2.45, 2.75) is 33.2 Å². The van der Waals surface area contributed by atoms with Crippen molar-refractivity contribution in [2.24, 2.45) is 0 Å². The van der Waals surface area contributed by atoms with Gasteiger partial charge in [-0.25, -0.2) is 4.57 Å². The normalized spacial score (nSPS) is 9.17. The van der Waals surface area contributed by atoms with Gasteiger partial charge in [0.05, 0.1) is 0 Å². The molecule has 0 spiro atoms. The van der Waals surface area contributed by atoms with Crippen molar-refractivity contribution in [1.29, 1.82) is 0 Å². The lowest BCUT2D eigenvalue weighted by Gasteiger charge is -1.94. The predicted molar refractivity (Wildman–Crippen MR) is 46.3 cm³/mol. The Morgan fingerprint density at radius 2 is 1.83 bits per heavy atom. The minimum Gasteiger partial charge on any atom is -1.00 e. The smallest absolute Gasteiger partial charge is 0.169 e. The molecule has 1 heterocycles. The number of aromatic nitrogens is 1. The number of rotatable bonds is 3. The second-order valence-electron chi connectivity index (χ2n) is 2.97. The van der Waals surface area contributed by atoms with E-state index >= 15 is 0 Å². The van der Waals surface area contributed by atoms with E-state index in [9.17, 15) is 0 Å². The molecule has 0 aromatic carbocycles. The zero-order valence-electron chi connectivity index (χ0n) is 7.76. The van der Waals surface area contributed by atoms with E-state index in [1.165, 1.54) is 18.4 Å². The summed E-state index contributed by atoms with van der Waals surface area (Å²) in [5.74, 6) is 0. The number of pyridine rings is 1. The molecule has 0 unspecified atom stereocenters.